The van der Waals surface area contributed by atoms with Gasteiger partial charge in [0.2, 0.25) is 0 Å². The Bertz CT molecular complexity index is 3120. The van der Waals surface area contributed by atoms with Crippen molar-refractivity contribution in [3.8, 4) is 41.8 Å². The fraction of sp³-hybridized carbons (Fsp3) is 0.0741. The van der Waals surface area contributed by atoms with Gasteiger partial charge in [-0.15, -0.1) is 22.7 Å². The van der Waals surface area contributed by atoms with Gasteiger partial charge in [-0.2, -0.15) is 8.75 Å². The van der Waals surface area contributed by atoms with Gasteiger partial charge < -0.3 is 9.80 Å². The van der Waals surface area contributed by atoms with E-state index in [0.29, 0.717) is 9.75 Å². The zero-order valence-corrected chi connectivity index (χ0v) is 39.2. The summed E-state index contributed by atoms with van der Waals surface area (Å²) in [7, 11) is 0. The van der Waals surface area contributed by atoms with E-state index < -0.39 is 21.2 Å². The molecule has 328 valence electrons. The third kappa shape index (κ3) is 8.36. The van der Waals surface area contributed by atoms with Crippen LogP contribution in [0.3, 0.4) is 0 Å². The molecule has 3 aromatic heterocycles. The van der Waals surface area contributed by atoms with Crippen LogP contribution in [-0.2, 0) is 0 Å². The number of thiophene rings is 2. The SMILES string of the molecule is Cc1ccc(N(c2ccc(C)cc2)c2ccc(-c3ccc(-c4c([N+](=O)[O-])c([N+](=O)[O-])c(-c5ccc(-c6ccc(N(c7ccc(C)cc7)c7ccc(C)cc7)cc6)s5)c5nsnc45)s3)cc2)cc1. The third-order valence-corrected chi connectivity index (χ3v) is 14.6. The number of anilines is 6. The number of aromatic nitrogens is 2. The Hall–Kier alpha value is -7.84. The van der Waals surface area contributed by atoms with Crippen LogP contribution in [0.15, 0.2) is 170 Å². The Kier molecular flexibility index (Phi) is 11.5. The van der Waals surface area contributed by atoms with Crippen LogP contribution >= 0.6 is 34.4 Å². The van der Waals surface area contributed by atoms with Crippen molar-refractivity contribution < 1.29 is 9.85 Å². The number of nitro groups is 2. The summed E-state index contributed by atoms with van der Waals surface area (Å²) in [5.74, 6) is 0. The molecule has 0 bridgehead atoms. The second-order valence-corrected chi connectivity index (χ2v) is 19.1. The Morgan fingerprint density at radius 3 is 0.896 bits per heavy atom. The van der Waals surface area contributed by atoms with Gasteiger partial charge in [0, 0.05) is 53.6 Å². The minimum absolute atomic E-state index is 0.0843. The van der Waals surface area contributed by atoms with Crippen LogP contribution in [0.4, 0.5) is 45.5 Å². The van der Waals surface area contributed by atoms with E-state index in [9.17, 15) is 20.2 Å². The predicted molar refractivity (Wildman–Crippen MR) is 277 cm³/mol. The fourth-order valence-electron chi connectivity index (χ4n) is 8.27. The van der Waals surface area contributed by atoms with Gasteiger partial charge in [0.05, 0.1) is 21.6 Å². The van der Waals surface area contributed by atoms with Crippen molar-refractivity contribution in [2.45, 2.75) is 27.7 Å². The molecule has 0 spiro atoms. The molecule has 0 N–H and O–H groups in total. The lowest BCUT2D eigenvalue weighted by molar-refractivity contribution is -0.421. The second kappa shape index (κ2) is 17.9. The first kappa shape index (κ1) is 43.1. The summed E-state index contributed by atoms with van der Waals surface area (Å²) in [4.78, 5) is 32.0. The lowest BCUT2D eigenvalue weighted by atomic mass is 10.0. The van der Waals surface area contributed by atoms with Crippen molar-refractivity contribution in [1.29, 1.82) is 0 Å². The number of aryl methyl sites for hydroxylation is 4. The molecular weight excluding hydrogens is 893 g/mol. The van der Waals surface area contributed by atoms with Crippen molar-refractivity contribution in [3.63, 3.8) is 0 Å². The monoisotopic (exact) mass is 932 g/mol. The first-order chi connectivity index (χ1) is 32.5. The summed E-state index contributed by atoms with van der Waals surface area (Å²) < 4.78 is 9.12. The molecule has 67 heavy (non-hydrogen) atoms. The predicted octanol–water partition coefficient (Wildman–Crippen LogP) is 16.5. The van der Waals surface area contributed by atoms with Gasteiger partial charge in [-0.1, -0.05) is 95.1 Å². The number of nitro benzene ring substituents is 2. The van der Waals surface area contributed by atoms with Crippen LogP contribution in [0.25, 0.3) is 52.8 Å². The first-order valence-corrected chi connectivity index (χ1v) is 23.8. The van der Waals surface area contributed by atoms with Crippen LogP contribution in [0, 0.1) is 47.9 Å². The van der Waals surface area contributed by atoms with Crippen LogP contribution < -0.4 is 9.80 Å². The average Bonchev–Trinajstić information content (AvgIpc) is 4.14. The van der Waals surface area contributed by atoms with Crippen molar-refractivity contribution >= 4 is 90.9 Å². The zero-order chi connectivity index (χ0) is 46.3. The van der Waals surface area contributed by atoms with Gasteiger partial charge in [0.15, 0.2) is 0 Å². The number of fused-ring (bicyclic) bond motifs is 1. The van der Waals surface area contributed by atoms with E-state index in [4.69, 9.17) is 0 Å². The van der Waals surface area contributed by atoms with E-state index in [-0.39, 0.29) is 22.2 Å². The van der Waals surface area contributed by atoms with Crippen molar-refractivity contribution in [1.82, 2.24) is 8.75 Å². The smallest absolute Gasteiger partial charge is 0.311 e. The number of nitrogens with zero attached hydrogens (tertiary/aromatic N) is 6. The Morgan fingerprint density at radius 2 is 0.627 bits per heavy atom. The van der Waals surface area contributed by atoms with E-state index in [2.05, 4.69) is 143 Å². The van der Waals surface area contributed by atoms with Crippen molar-refractivity contribution in [2.24, 2.45) is 0 Å². The summed E-state index contributed by atoms with van der Waals surface area (Å²) in [6.45, 7) is 8.26. The number of hydrogen-bond donors (Lipinski definition) is 0. The molecule has 10 nitrogen and oxygen atoms in total. The van der Waals surface area contributed by atoms with E-state index >= 15 is 0 Å². The minimum atomic E-state index is -0.657. The summed E-state index contributed by atoms with van der Waals surface area (Å²) >= 11 is 3.51. The molecule has 0 aliphatic heterocycles. The summed E-state index contributed by atoms with van der Waals surface area (Å²) in [6, 6.07) is 57.1. The van der Waals surface area contributed by atoms with E-state index in [1.165, 1.54) is 44.9 Å². The minimum Gasteiger partial charge on any atom is -0.311 e. The maximum absolute atomic E-state index is 13.1. The maximum Gasteiger partial charge on any atom is 0.357 e. The molecule has 0 aliphatic carbocycles. The topological polar surface area (TPSA) is 119 Å². The third-order valence-electron chi connectivity index (χ3n) is 11.7. The Labute approximate surface area is 398 Å². The summed E-state index contributed by atoms with van der Waals surface area (Å²) in [5.41, 5.74) is 11.9. The highest BCUT2D eigenvalue weighted by atomic mass is 32.1. The molecule has 3 heterocycles. The quantitative estimate of drug-likeness (QED) is 0.0878. The van der Waals surface area contributed by atoms with Gasteiger partial charge in [-0.05, 0) is 136 Å². The molecule has 0 fully saturated rings. The molecule has 0 aliphatic rings. The molecule has 0 radical (unpaired) electrons. The van der Waals surface area contributed by atoms with Gasteiger partial charge in [0.1, 0.15) is 22.2 Å². The molecule has 13 heteroatoms. The molecular formula is C54H40N6O4S3. The Morgan fingerprint density at radius 1 is 0.373 bits per heavy atom. The molecule has 10 aromatic rings. The highest BCUT2D eigenvalue weighted by Crippen LogP contribution is 2.53. The van der Waals surface area contributed by atoms with E-state index in [0.717, 1.165) is 66.7 Å². The molecule has 0 atom stereocenters. The van der Waals surface area contributed by atoms with Gasteiger partial charge >= 0.3 is 11.4 Å². The molecule has 0 unspecified atom stereocenters. The van der Waals surface area contributed by atoms with Crippen molar-refractivity contribution in [3.05, 3.63) is 212 Å². The van der Waals surface area contributed by atoms with Crippen molar-refractivity contribution in [2.75, 3.05) is 9.80 Å². The molecule has 10 rings (SSSR count). The molecule has 7 aromatic carbocycles. The molecule has 0 amide bonds. The zero-order valence-electron chi connectivity index (χ0n) is 36.7. The largest absolute Gasteiger partial charge is 0.357 e. The summed E-state index contributed by atoms with van der Waals surface area (Å²) in [6.07, 6.45) is 0. The highest BCUT2D eigenvalue weighted by Gasteiger charge is 2.40. The van der Waals surface area contributed by atoms with Crippen LogP contribution in [0.5, 0.6) is 0 Å². The van der Waals surface area contributed by atoms with Gasteiger partial charge in [0.25, 0.3) is 0 Å². The van der Waals surface area contributed by atoms with E-state index in [1.54, 1.807) is 12.1 Å². The second-order valence-electron chi connectivity index (χ2n) is 16.4. The fourth-order valence-corrected chi connectivity index (χ4v) is 11.0. The van der Waals surface area contributed by atoms with Gasteiger partial charge in [-0.25, -0.2) is 0 Å². The lowest BCUT2D eigenvalue weighted by Crippen LogP contribution is -2.09. The standard InChI is InChI=1S/C54H40N6O4S3/c1-33-5-17-39(18-6-33)57(40-19-7-34(2)8-20-40)43-25-13-37(14-26-43)45-29-31-47(65-45)49-51-52(56-67-55-51)50(54(60(63)64)53(49)59(61)62)48-32-30-46(66-48)38-15-27-44(28-16-38)58(41-21-9-35(3)10-22-41)42-23-11-36(4)12-24-42/h5-32H,1-4H3. The van der Waals surface area contributed by atoms with Crippen LogP contribution in [-0.4, -0.2) is 18.6 Å². The highest BCUT2D eigenvalue weighted by molar-refractivity contribution is 7.19. The van der Waals surface area contributed by atoms with Crippen LogP contribution in [0.1, 0.15) is 22.3 Å². The lowest BCUT2D eigenvalue weighted by Gasteiger charge is -2.26. The number of benzene rings is 7. The summed E-state index contributed by atoms with van der Waals surface area (Å²) in [5, 5.41) is 26.3. The van der Waals surface area contributed by atoms with Gasteiger partial charge in [-0.3, -0.25) is 20.2 Å². The number of hydrogen-bond acceptors (Lipinski definition) is 11. The molecule has 0 saturated carbocycles. The maximum atomic E-state index is 13.1. The van der Waals surface area contributed by atoms with Crippen LogP contribution in [0.2, 0.25) is 0 Å². The average molecular weight is 933 g/mol. The Balaban J connectivity index is 0.995. The normalized spacial score (nSPS) is 11.2. The van der Waals surface area contributed by atoms with E-state index in [1.807, 2.05) is 60.7 Å². The first-order valence-electron chi connectivity index (χ1n) is 21.4. The molecule has 0 saturated heterocycles. The number of rotatable bonds is 12.